The first-order chi connectivity index (χ1) is 8.24. The van der Waals surface area contributed by atoms with Gasteiger partial charge in [-0.15, -0.1) is 0 Å². The molecule has 1 heterocycles. The van der Waals surface area contributed by atoms with E-state index in [1.54, 1.807) is 26.2 Å². The molecule has 0 unspecified atom stereocenters. The average molecular weight is 234 g/mol. The molecule has 0 atom stereocenters. The highest BCUT2D eigenvalue weighted by molar-refractivity contribution is 5.95. The molecule has 0 saturated heterocycles. The number of ether oxygens (including phenoxy) is 3. The van der Waals surface area contributed by atoms with Crippen LogP contribution < -0.4 is 9.47 Å². The van der Waals surface area contributed by atoms with Gasteiger partial charge in [-0.1, -0.05) is 0 Å². The van der Waals surface area contributed by atoms with Gasteiger partial charge in [0.2, 0.25) is 0 Å². The first-order valence-corrected chi connectivity index (χ1v) is 5.43. The lowest BCUT2D eigenvalue weighted by atomic mass is 10.1. The van der Waals surface area contributed by atoms with Crippen molar-refractivity contribution in [2.75, 3.05) is 20.3 Å². The largest absolute Gasteiger partial charge is 0.497 e. The zero-order valence-corrected chi connectivity index (χ0v) is 9.86. The van der Waals surface area contributed by atoms with Gasteiger partial charge in [0, 0.05) is 11.6 Å². The fraction of sp³-hybridized carbons (Fsp3) is 0.308. The Morgan fingerprint density at radius 3 is 3.00 bits per heavy atom. The quantitative estimate of drug-likeness (QED) is 0.751. The van der Waals surface area contributed by atoms with Crippen LogP contribution in [0.5, 0.6) is 11.5 Å². The molecule has 0 saturated carbocycles. The van der Waals surface area contributed by atoms with Crippen molar-refractivity contribution in [1.82, 2.24) is 0 Å². The molecule has 0 N–H and O–H groups in total. The van der Waals surface area contributed by atoms with Crippen LogP contribution in [0.1, 0.15) is 12.5 Å². The summed E-state index contributed by atoms with van der Waals surface area (Å²) in [5.74, 6) is 1.13. The monoisotopic (exact) mass is 234 g/mol. The predicted octanol–water partition coefficient (Wildman–Crippen LogP) is 2.03. The molecule has 0 fully saturated rings. The Balaban J connectivity index is 2.26. The second-order valence-electron chi connectivity index (χ2n) is 3.58. The summed E-state index contributed by atoms with van der Waals surface area (Å²) in [4.78, 5) is 11.5. The van der Waals surface area contributed by atoms with Gasteiger partial charge in [0.15, 0.2) is 0 Å². The van der Waals surface area contributed by atoms with Gasteiger partial charge in [-0.2, -0.15) is 0 Å². The van der Waals surface area contributed by atoms with Crippen LogP contribution >= 0.6 is 0 Å². The van der Waals surface area contributed by atoms with E-state index in [1.807, 2.05) is 12.1 Å². The molecule has 1 aliphatic rings. The number of rotatable bonds is 3. The van der Waals surface area contributed by atoms with E-state index in [0.29, 0.717) is 12.2 Å². The molecule has 0 aliphatic carbocycles. The van der Waals surface area contributed by atoms with E-state index in [1.165, 1.54) is 0 Å². The maximum Gasteiger partial charge on any atom is 0.337 e. The lowest BCUT2D eigenvalue weighted by Crippen LogP contribution is -2.17. The normalized spacial score (nSPS) is 13.2. The number of hydrogen-bond acceptors (Lipinski definition) is 4. The minimum absolute atomic E-state index is 0.235. The summed E-state index contributed by atoms with van der Waals surface area (Å²) in [7, 11) is 1.60. The second-order valence-corrected chi connectivity index (χ2v) is 3.58. The molecule has 17 heavy (non-hydrogen) atoms. The molecule has 0 aromatic heterocycles. The number of benzene rings is 1. The Bertz CT molecular complexity index is 462. The number of methoxy groups -OCH3 is 1. The summed E-state index contributed by atoms with van der Waals surface area (Å²) >= 11 is 0. The second kappa shape index (κ2) is 4.91. The van der Waals surface area contributed by atoms with Crippen LogP contribution in [-0.4, -0.2) is 26.3 Å². The van der Waals surface area contributed by atoms with Gasteiger partial charge in [-0.05, 0) is 25.1 Å². The topological polar surface area (TPSA) is 44.8 Å². The summed E-state index contributed by atoms with van der Waals surface area (Å²) in [6, 6.07) is 5.48. The van der Waals surface area contributed by atoms with E-state index < -0.39 is 0 Å². The van der Waals surface area contributed by atoms with E-state index in [2.05, 4.69) is 0 Å². The van der Waals surface area contributed by atoms with Gasteiger partial charge in [0.25, 0.3) is 0 Å². The van der Waals surface area contributed by atoms with Crippen LogP contribution in [0.25, 0.3) is 6.08 Å². The first-order valence-electron chi connectivity index (χ1n) is 5.43. The molecule has 2 rings (SSSR count). The Kier molecular flexibility index (Phi) is 3.32. The van der Waals surface area contributed by atoms with Gasteiger partial charge in [-0.3, -0.25) is 0 Å². The molecule has 0 spiro atoms. The number of hydrogen-bond donors (Lipinski definition) is 0. The van der Waals surface area contributed by atoms with Crippen LogP contribution in [0.2, 0.25) is 0 Å². The molecule has 4 nitrogen and oxygen atoms in total. The van der Waals surface area contributed by atoms with Crippen molar-refractivity contribution in [1.29, 1.82) is 0 Å². The van der Waals surface area contributed by atoms with Crippen molar-refractivity contribution in [2.45, 2.75) is 6.92 Å². The summed E-state index contributed by atoms with van der Waals surface area (Å²) in [5.41, 5.74) is 1.39. The highest BCUT2D eigenvalue weighted by atomic mass is 16.5. The third kappa shape index (κ3) is 2.41. The lowest BCUT2D eigenvalue weighted by molar-refractivity contribution is -0.138. The smallest absolute Gasteiger partial charge is 0.337 e. The van der Waals surface area contributed by atoms with Gasteiger partial charge >= 0.3 is 5.97 Å². The van der Waals surface area contributed by atoms with E-state index in [-0.39, 0.29) is 12.6 Å². The van der Waals surface area contributed by atoms with Crippen LogP contribution in [-0.2, 0) is 9.53 Å². The molecular weight excluding hydrogens is 220 g/mol. The van der Waals surface area contributed by atoms with Crippen molar-refractivity contribution >= 4 is 12.0 Å². The number of carbonyl (C=O) groups excluding carboxylic acids is 1. The Hall–Kier alpha value is -1.97. The first kappa shape index (κ1) is 11.5. The molecule has 1 aliphatic heterocycles. The summed E-state index contributed by atoms with van der Waals surface area (Å²) in [5, 5.41) is 0. The van der Waals surface area contributed by atoms with Crippen molar-refractivity contribution in [3.8, 4) is 11.5 Å². The molecule has 4 heteroatoms. The van der Waals surface area contributed by atoms with Gasteiger partial charge in [0.1, 0.15) is 18.1 Å². The summed E-state index contributed by atoms with van der Waals surface area (Å²) in [6.07, 6.45) is 1.79. The molecule has 0 radical (unpaired) electrons. The van der Waals surface area contributed by atoms with E-state index in [0.717, 1.165) is 17.1 Å². The maximum absolute atomic E-state index is 11.5. The standard InChI is InChI=1S/C13H14O4/c1-3-16-13(14)10-6-9-4-5-11(15-2)7-12(9)17-8-10/h4-7H,3,8H2,1-2H3. The van der Waals surface area contributed by atoms with Gasteiger partial charge < -0.3 is 14.2 Å². The molecule has 1 aromatic rings. The Morgan fingerprint density at radius 1 is 1.47 bits per heavy atom. The van der Waals surface area contributed by atoms with E-state index >= 15 is 0 Å². The van der Waals surface area contributed by atoms with Crippen molar-refractivity contribution in [3.63, 3.8) is 0 Å². The fourth-order valence-corrected chi connectivity index (χ4v) is 1.61. The van der Waals surface area contributed by atoms with Crippen LogP contribution in [0.3, 0.4) is 0 Å². The molecular formula is C13H14O4. The summed E-state index contributed by atoms with van der Waals surface area (Å²) in [6.45, 7) is 2.38. The summed E-state index contributed by atoms with van der Waals surface area (Å²) < 4.78 is 15.5. The Morgan fingerprint density at radius 2 is 2.29 bits per heavy atom. The van der Waals surface area contributed by atoms with Crippen LogP contribution in [0.4, 0.5) is 0 Å². The molecule has 0 amide bonds. The van der Waals surface area contributed by atoms with Crippen LogP contribution in [0, 0.1) is 0 Å². The highest BCUT2D eigenvalue weighted by Crippen LogP contribution is 2.30. The highest BCUT2D eigenvalue weighted by Gasteiger charge is 2.18. The zero-order chi connectivity index (χ0) is 12.3. The van der Waals surface area contributed by atoms with Crippen molar-refractivity contribution in [2.24, 2.45) is 0 Å². The van der Waals surface area contributed by atoms with Gasteiger partial charge in [0.05, 0.1) is 19.3 Å². The lowest BCUT2D eigenvalue weighted by Gasteiger charge is -2.17. The van der Waals surface area contributed by atoms with Crippen molar-refractivity contribution < 1.29 is 19.0 Å². The predicted molar refractivity (Wildman–Crippen MR) is 63.1 cm³/mol. The zero-order valence-electron chi connectivity index (χ0n) is 9.86. The molecule has 1 aromatic carbocycles. The fourth-order valence-electron chi connectivity index (χ4n) is 1.61. The number of fused-ring (bicyclic) bond motifs is 1. The third-order valence-corrected chi connectivity index (χ3v) is 2.47. The average Bonchev–Trinajstić information content (AvgIpc) is 2.37. The van der Waals surface area contributed by atoms with E-state index in [9.17, 15) is 4.79 Å². The van der Waals surface area contributed by atoms with Crippen LogP contribution in [0.15, 0.2) is 23.8 Å². The molecule has 90 valence electrons. The van der Waals surface area contributed by atoms with Crippen molar-refractivity contribution in [3.05, 3.63) is 29.3 Å². The minimum Gasteiger partial charge on any atom is -0.497 e. The van der Waals surface area contributed by atoms with E-state index in [4.69, 9.17) is 14.2 Å². The Labute approximate surface area is 99.8 Å². The van der Waals surface area contributed by atoms with Gasteiger partial charge in [-0.25, -0.2) is 4.79 Å². The third-order valence-electron chi connectivity index (χ3n) is 2.47. The maximum atomic E-state index is 11.5. The number of esters is 1. The minimum atomic E-state index is -0.325. The number of carbonyl (C=O) groups is 1. The SMILES string of the molecule is CCOC(=O)C1=Cc2ccc(OC)cc2OC1. The molecule has 0 bridgehead atoms.